The van der Waals surface area contributed by atoms with E-state index in [0.29, 0.717) is 48.8 Å². The standard InChI is InChI=1S/C28H27ClF3N5O3S/c1-3-40-27(39)37-10-8-20(9-11-37)36(2)26-34-25(38)24(41-26)21(16-5-7-23-18(12-16)15-33-35-23)13-17-4-6-19(29)14-22(17)28(30,31)32/h4-7,12,14-15,20H,3,8-11,13H2,1-2H3,(H,33,35). The molecule has 216 valence electrons. The number of hydrogen-bond acceptors (Lipinski definition) is 6. The molecule has 1 N–H and O–H groups in total. The van der Waals surface area contributed by atoms with Crippen LogP contribution in [0.1, 0.15) is 36.5 Å². The van der Waals surface area contributed by atoms with E-state index in [9.17, 15) is 22.8 Å². The zero-order chi connectivity index (χ0) is 29.3. The van der Waals surface area contributed by atoms with Gasteiger partial charge in [-0.2, -0.15) is 23.3 Å². The van der Waals surface area contributed by atoms with E-state index in [4.69, 9.17) is 16.3 Å². The molecule has 2 amide bonds. The van der Waals surface area contributed by atoms with E-state index in [0.717, 1.165) is 28.7 Å². The molecule has 1 fully saturated rings. The Morgan fingerprint density at radius 1 is 1.22 bits per heavy atom. The molecule has 0 bridgehead atoms. The molecule has 0 saturated carbocycles. The fourth-order valence-electron chi connectivity index (χ4n) is 5.04. The van der Waals surface area contributed by atoms with Crippen molar-refractivity contribution in [3.05, 3.63) is 69.2 Å². The highest BCUT2D eigenvalue weighted by molar-refractivity contribution is 8.18. The molecular formula is C28H27ClF3N5O3S. The Bertz CT molecular complexity index is 1550. The van der Waals surface area contributed by atoms with Crippen LogP contribution in [-0.2, 0) is 22.1 Å². The first-order chi connectivity index (χ1) is 19.5. The number of amides is 2. The number of carbonyl (C=O) groups excluding carboxylic acids is 2. The second kappa shape index (κ2) is 11.8. The number of aromatic nitrogens is 2. The number of thioether (sulfide) groups is 1. The summed E-state index contributed by atoms with van der Waals surface area (Å²) >= 11 is 7.07. The van der Waals surface area contributed by atoms with Gasteiger partial charge in [0.05, 0.1) is 28.8 Å². The monoisotopic (exact) mass is 605 g/mol. The van der Waals surface area contributed by atoms with Crippen molar-refractivity contribution < 1.29 is 27.5 Å². The number of aliphatic imine (C=N–C) groups is 1. The van der Waals surface area contributed by atoms with E-state index in [-0.39, 0.29) is 34.0 Å². The number of piperidine rings is 1. The summed E-state index contributed by atoms with van der Waals surface area (Å²) in [5, 5.41) is 8.09. The van der Waals surface area contributed by atoms with Gasteiger partial charge in [-0.05, 0) is 78.9 Å². The number of aromatic amines is 1. The van der Waals surface area contributed by atoms with Crippen LogP contribution in [0.2, 0.25) is 5.02 Å². The van der Waals surface area contributed by atoms with Crippen molar-refractivity contribution in [2.24, 2.45) is 4.99 Å². The minimum atomic E-state index is -4.63. The molecule has 0 radical (unpaired) electrons. The Kier molecular flexibility index (Phi) is 8.32. The lowest BCUT2D eigenvalue weighted by atomic mass is 9.93. The molecule has 0 aliphatic carbocycles. The summed E-state index contributed by atoms with van der Waals surface area (Å²) in [6, 6.07) is 9.02. The molecule has 1 saturated heterocycles. The molecule has 0 spiro atoms. The number of allylic oxidation sites excluding steroid dienone is 1. The summed E-state index contributed by atoms with van der Waals surface area (Å²) in [5.41, 5.74) is 0.935. The molecule has 3 aromatic rings. The van der Waals surface area contributed by atoms with Crippen LogP contribution in [0.3, 0.4) is 0 Å². The van der Waals surface area contributed by atoms with Crippen LogP contribution in [0.5, 0.6) is 0 Å². The zero-order valence-electron chi connectivity index (χ0n) is 22.3. The first-order valence-corrected chi connectivity index (χ1v) is 14.2. The molecule has 0 atom stereocenters. The van der Waals surface area contributed by atoms with Crippen LogP contribution in [-0.4, -0.2) is 70.0 Å². The van der Waals surface area contributed by atoms with Gasteiger partial charge in [-0.1, -0.05) is 23.7 Å². The van der Waals surface area contributed by atoms with Crippen LogP contribution in [0.15, 0.2) is 52.5 Å². The maximum Gasteiger partial charge on any atom is 0.416 e. The molecular weight excluding hydrogens is 579 g/mol. The van der Waals surface area contributed by atoms with E-state index in [2.05, 4.69) is 15.2 Å². The van der Waals surface area contributed by atoms with Gasteiger partial charge in [0.25, 0.3) is 5.91 Å². The smallest absolute Gasteiger partial charge is 0.416 e. The molecule has 2 aliphatic rings. The lowest BCUT2D eigenvalue weighted by Gasteiger charge is -2.36. The van der Waals surface area contributed by atoms with Crippen LogP contribution < -0.4 is 0 Å². The highest BCUT2D eigenvalue weighted by Crippen LogP contribution is 2.41. The quantitative estimate of drug-likeness (QED) is 0.340. The van der Waals surface area contributed by atoms with Gasteiger partial charge in [0.15, 0.2) is 5.17 Å². The minimum Gasteiger partial charge on any atom is -0.450 e. The van der Waals surface area contributed by atoms with Crippen molar-refractivity contribution in [3.8, 4) is 0 Å². The molecule has 1 aromatic heterocycles. The zero-order valence-corrected chi connectivity index (χ0v) is 23.9. The number of amidine groups is 1. The third-order valence-corrected chi connectivity index (χ3v) is 8.65. The second-order valence-corrected chi connectivity index (χ2v) is 11.2. The Labute approximate surface area is 243 Å². The number of ether oxygens (including phenoxy) is 1. The van der Waals surface area contributed by atoms with Gasteiger partial charge in [-0.25, -0.2) is 4.79 Å². The average molecular weight is 606 g/mol. The van der Waals surface area contributed by atoms with Gasteiger partial charge in [0, 0.05) is 36.6 Å². The third-order valence-electron chi connectivity index (χ3n) is 7.23. The Morgan fingerprint density at radius 3 is 2.68 bits per heavy atom. The number of hydrogen-bond donors (Lipinski definition) is 1. The number of rotatable bonds is 5. The molecule has 41 heavy (non-hydrogen) atoms. The highest BCUT2D eigenvalue weighted by Gasteiger charge is 2.36. The van der Waals surface area contributed by atoms with Crippen molar-refractivity contribution in [2.45, 2.75) is 38.4 Å². The molecule has 0 unspecified atom stereocenters. The van der Waals surface area contributed by atoms with Crippen molar-refractivity contribution in [2.75, 3.05) is 26.7 Å². The summed E-state index contributed by atoms with van der Waals surface area (Å²) in [7, 11) is 1.84. The van der Waals surface area contributed by atoms with E-state index < -0.39 is 17.6 Å². The SMILES string of the molecule is CCOC(=O)N1CCC(N(C)C2=NC(=O)C(=C(Cc3ccc(Cl)cc3C(F)(F)F)c3ccc4[nH]ncc4c3)S2)CC1. The molecule has 3 heterocycles. The Hall–Kier alpha value is -3.51. The minimum absolute atomic E-state index is 0.00164. The maximum atomic E-state index is 14.0. The third kappa shape index (κ3) is 6.23. The number of benzene rings is 2. The van der Waals surface area contributed by atoms with E-state index >= 15 is 0 Å². The first kappa shape index (κ1) is 29.0. The van der Waals surface area contributed by atoms with Gasteiger partial charge in [-0.3, -0.25) is 9.89 Å². The summed E-state index contributed by atoms with van der Waals surface area (Å²) in [5.74, 6) is -0.509. The Balaban J connectivity index is 1.46. The van der Waals surface area contributed by atoms with Crippen LogP contribution in [0.4, 0.5) is 18.0 Å². The van der Waals surface area contributed by atoms with Gasteiger partial charge >= 0.3 is 12.3 Å². The van der Waals surface area contributed by atoms with Gasteiger partial charge in [-0.15, -0.1) is 0 Å². The van der Waals surface area contributed by atoms with Crippen LogP contribution in [0, 0.1) is 0 Å². The lowest BCUT2D eigenvalue weighted by molar-refractivity contribution is -0.138. The summed E-state index contributed by atoms with van der Waals surface area (Å²) < 4.78 is 47.0. The predicted octanol–water partition coefficient (Wildman–Crippen LogP) is 6.37. The van der Waals surface area contributed by atoms with Crippen LogP contribution >= 0.6 is 23.4 Å². The van der Waals surface area contributed by atoms with Crippen molar-refractivity contribution in [1.82, 2.24) is 20.0 Å². The van der Waals surface area contributed by atoms with Crippen molar-refractivity contribution in [1.29, 1.82) is 0 Å². The molecule has 2 aliphatic heterocycles. The molecule has 2 aromatic carbocycles. The Morgan fingerprint density at radius 2 is 1.98 bits per heavy atom. The van der Waals surface area contributed by atoms with Gasteiger partial charge in [0.2, 0.25) is 0 Å². The fraction of sp³-hybridized carbons (Fsp3) is 0.357. The maximum absolute atomic E-state index is 14.0. The topological polar surface area (TPSA) is 90.9 Å². The predicted molar refractivity (Wildman–Crippen MR) is 153 cm³/mol. The number of fused-ring (bicyclic) bond motifs is 1. The van der Waals surface area contributed by atoms with Crippen molar-refractivity contribution >= 4 is 57.0 Å². The average Bonchev–Trinajstić information content (AvgIpc) is 3.57. The second-order valence-electron chi connectivity index (χ2n) is 9.79. The van der Waals surface area contributed by atoms with E-state index in [1.165, 1.54) is 12.1 Å². The normalized spacial score (nSPS) is 17.7. The highest BCUT2D eigenvalue weighted by atomic mass is 35.5. The largest absolute Gasteiger partial charge is 0.450 e. The lowest BCUT2D eigenvalue weighted by Crippen LogP contribution is -2.46. The number of nitrogens with zero attached hydrogens (tertiary/aromatic N) is 4. The molecule has 5 rings (SSSR count). The number of halogens is 4. The first-order valence-electron chi connectivity index (χ1n) is 13.0. The van der Waals surface area contributed by atoms with Gasteiger partial charge in [0.1, 0.15) is 0 Å². The number of H-pyrrole nitrogens is 1. The fourth-order valence-corrected chi connectivity index (χ4v) is 6.27. The number of likely N-dealkylation sites (tertiary alicyclic amines) is 1. The molecule has 13 heteroatoms. The number of alkyl halides is 3. The van der Waals surface area contributed by atoms with Crippen LogP contribution in [0.25, 0.3) is 16.5 Å². The van der Waals surface area contributed by atoms with E-state index in [1.54, 1.807) is 36.2 Å². The van der Waals surface area contributed by atoms with Gasteiger partial charge < -0.3 is 14.5 Å². The number of carbonyl (C=O) groups is 2. The number of nitrogens with one attached hydrogen (secondary N) is 1. The summed E-state index contributed by atoms with van der Waals surface area (Å²) in [6.45, 7) is 3.08. The van der Waals surface area contributed by atoms with Crippen molar-refractivity contribution in [3.63, 3.8) is 0 Å². The molecule has 8 nitrogen and oxygen atoms in total. The summed E-state index contributed by atoms with van der Waals surface area (Å²) in [4.78, 5) is 33.5. The van der Waals surface area contributed by atoms with E-state index in [1.807, 2.05) is 11.9 Å². The summed E-state index contributed by atoms with van der Waals surface area (Å²) in [6.07, 6.45) is -2.20.